The van der Waals surface area contributed by atoms with Crippen molar-refractivity contribution >= 4 is 28.6 Å². The summed E-state index contributed by atoms with van der Waals surface area (Å²) in [6, 6.07) is 7.92. The molecule has 140 valence electrons. The number of rotatable bonds is 2. The first-order chi connectivity index (χ1) is 12.9. The molecule has 4 rings (SSSR count). The summed E-state index contributed by atoms with van der Waals surface area (Å²) in [5, 5.41) is 0.609. The number of piperidine rings is 1. The Hall–Kier alpha value is -2.67. The van der Waals surface area contributed by atoms with Crippen molar-refractivity contribution in [1.29, 1.82) is 0 Å². The molecule has 1 aliphatic rings. The molecule has 0 aliphatic carbocycles. The molecule has 1 amide bonds. The number of halogens is 2. The van der Waals surface area contributed by atoms with Crippen LogP contribution in [-0.2, 0) is 0 Å². The Labute approximate surface area is 159 Å². The van der Waals surface area contributed by atoms with E-state index in [9.17, 15) is 14.0 Å². The highest BCUT2D eigenvalue weighted by Gasteiger charge is 2.32. The van der Waals surface area contributed by atoms with E-state index in [1.54, 1.807) is 36.1 Å². The average molecular weight is 390 g/mol. The number of nitrogens with zero attached hydrogens (tertiary/aromatic N) is 3. The first-order valence-electron chi connectivity index (χ1n) is 8.61. The maximum Gasteiger partial charge on any atom is 0.296 e. The minimum atomic E-state index is -1.25. The molecule has 1 saturated heterocycles. The Morgan fingerprint density at radius 3 is 2.74 bits per heavy atom. The van der Waals surface area contributed by atoms with Crippen molar-refractivity contribution in [3.8, 4) is 5.69 Å². The van der Waals surface area contributed by atoms with Gasteiger partial charge in [0.25, 0.3) is 17.2 Å². The monoisotopic (exact) mass is 389 g/mol. The van der Waals surface area contributed by atoms with Crippen molar-refractivity contribution in [3.05, 3.63) is 57.5 Å². The van der Waals surface area contributed by atoms with Gasteiger partial charge in [0.1, 0.15) is 11.1 Å². The summed E-state index contributed by atoms with van der Waals surface area (Å²) in [4.78, 5) is 31.0. The number of fused-ring (bicyclic) bond motifs is 1. The summed E-state index contributed by atoms with van der Waals surface area (Å²) in [6.45, 7) is 2.19. The number of carbonyl (C=O) groups is 1. The number of alkyl halides is 1. The molecule has 8 heteroatoms. The normalized spacial score (nSPS) is 16.6. The summed E-state index contributed by atoms with van der Waals surface area (Å²) in [6.07, 6.45) is 2.09. The Bertz CT molecular complexity index is 1080. The lowest BCUT2D eigenvalue weighted by atomic mass is 9.95. The van der Waals surface area contributed by atoms with E-state index < -0.39 is 5.67 Å². The van der Waals surface area contributed by atoms with Crippen LogP contribution in [0.1, 0.15) is 30.1 Å². The molecule has 1 aliphatic heterocycles. The fourth-order valence-corrected chi connectivity index (χ4v) is 3.38. The van der Waals surface area contributed by atoms with Crippen molar-refractivity contribution < 1.29 is 13.7 Å². The van der Waals surface area contributed by atoms with Crippen molar-refractivity contribution in [3.63, 3.8) is 0 Å². The molecule has 27 heavy (non-hydrogen) atoms. The van der Waals surface area contributed by atoms with E-state index in [-0.39, 0.29) is 40.6 Å². The summed E-state index contributed by atoms with van der Waals surface area (Å²) >= 11 is 6.22. The number of carbonyl (C=O) groups excluding carboxylic acids is 1. The van der Waals surface area contributed by atoms with Gasteiger partial charge >= 0.3 is 0 Å². The van der Waals surface area contributed by atoms with E-state index in [1.807, 2.05) is 0 Å². The van der Waals surface area contributed by atoms with Gasteiger partial charge in [0.05, 0.1) is 16.3 Å². The summed E-state index contributed by atoms with van der Waals surface area (Å²) < 4.78 is 20.6. The second-order valence-corrected chi connectivity index (χ2v) is 7.32. The van der Waals surface area contributed by atoms with Gasteiger partial charge in [-0.05, 0) is 50.1 Å². The van der Waals surface area contributed by atoms with Crippen LogP contribution in [0.5, 0.6) is 0 Å². The zero-order valence-corrected chi connectivity index (χ0v) is 15.4. The van der Waals surface area contributed by atoms with Crippen LogP contribution < -0.4 is 5.56 Å². The molecular weight excluding hydrogens is 373 g/mol. The van der Waals surface area contributed by atoms with Crippen molar-refractivity contribution in [2.24, 2.45) is 0 Å². The number of hydrogen-bond acceptors (Lipinski definition) is 4. The van der Waals surface area contributed by atoms with Crippen LogP contribution in [0.4, 0.5) is 4.39 Å². The number of pyridine rings is 1. The molecule has 1 fully saturated rings. The molecule has 2 aromatic heterocycles. The second kappa shape index (κ2) is 6.49. The summed E-state index contributed by atoms with van der Waals surface area (Å²) in [7, 11) is 0. The van der Waals surface area contributed by atoms with Gasteiger partial charge in [0.2, 0.25) is 0 Å². The Balaban J connectivity index is 1.70. The van der Waals surface area contributed by atoms with Crippen LogP contribution in [0.15, 0.2) is 45.8 Å². The molecule has 0 saturated carbocycles. The second-order valence-electron chi connectivity index (χ2n) is 6.92. The van der Waals surface area contributed by atoms with Crippen LogP contribution in [0.25, 0.3) is 16.8 Å². The SMILES string of the molecule is CC1(F)CCN(C(=O)c2cc(-n3oc4ncccc4c3=O)ccc2Cl)CC1. The lowest BCUT2D eigenvalue weighted by Crippen LogP contribution is -2.43. The quantitative estimate of drug-likeness (QED) is 0.671. The van der Waals surface area contributed by atoms with Gasteiger partial charge in [-0.25, -0.2) is 9.37 Å². The molecule has 0 spiro atoms. The molecule has 3 aromatic rings. The van der Waals surface area contributed by atoms with Crippen LogP contribution >= 0.6 is 11.6 Å². The zero-order valence-electron chi connectivity index (χ0n) is 14.6. The lowest BCUT2D eigenvalue weighted by Gasteiger charge is -2.34. The molecule has 0 radical (unpaired) electrons. The number of amides is 1. The first-order valence-corrected chi connectivity index (χ1v) is 8.99. The highest BCUT2D eigenvalue weighted by atomic mass is 35.5. The minimum absolute atomic E-state index is 0.212. The summed E-state index contributed by atoms with van der Waals surface area (Å²) in [5.41, 5.74) is -0.791. The van der Waals surface area contributed by atoms with E-state index in [4.69, 9.17) is 16.1 Å². The smallest absolute Gasteiger partial charge is 0.296 e. The predicted molar refractivity (Wildman–Crippen MR) is 99.3 cm³/mol. The van der Waals surface area contributed by atoms with Gasteiger partial charge in [-0.3, -0.25) is 9.59 Å². The molecular formula is C19H17ClFN3O3. The highest BCUT2D eigenvalue weighted by molar-refractivity contribution is 6.33. The fourth-order valence-electron chi connectivity index (χ4n) is 3.18. The lowest BCUT2D eigenvalue weighted by molar-refractivity contribution is 0.0504. The molecule has 0 unspecified atom stereocenters. The number of benzene rings is 1. The van der Waals surface area contributed by atoms with Gasteiger partial charge in [-0.1, -0.05) is 11.6 Å². The standard InChI is InChI=1S/C19H17ClFN3O3/c1-19(21)6-9-23(10-7-19)17(25)14-11-12(4-5-15(14)20)24-18(26)13-3-2-8-22-16(13)27-24/h2-5,8,11H,6-7,9-10H2,1H3. The van der Waals surface area contributed by atoms with Gasteiger partial charge in [0, 0.05) is 19.3 Å². The molecule has 6 nitrogen and oxygen atoms in total. The van der Waals surface area contributed by atoms with E-state index in [1.165, 1.54) is 12.3 Å². The van der Waals surface area contributed by atoms with E-state index in [0.717, 1.165) is 4.74 Å². The minimum Gasteiger partial charge on any atom is -0.350 e. The third-order valence-electron chi connectivity index (χ3n) is 4.87. The number of likely N-dealkylation sites (tertiary alicyclic amines) is 1. The van der Waals surface area contributed by atoms with Crippen LogP contribution in [0.3, 0.4) is 0 Å². The highest BCUT2D eigenvalue weighted by Crippen LogP contribution is 2.28. The van der Waals surface area contributed by atoms with Crippen molar-refractivity contribution in [2.75, 3.05) is 13.1 Å². The van der Waals surface area contributed by atoms with Gasteiger partial charge < -0.3 is 9.42 Å². The van der Waals surface area contributed by atoms with Crippen molar-refractivity contribution in [2.45, 2.75) is 25.4 Å². The Kier molecular flexibility index (Phi) is 4.26. The number of hydrogen-bond donors (Lipinski definition) is 0. The maximum absolute atomic E-state index is 14.0. The van der Waals surface area contributed by atoms with Crippen molar-refractivity contribution in [1.82, 2.24) is 14.6 Å². The maximum atomic E-state index is 14.0. The van der Waals surface area contributed by atoms with E-state index in [2.05, 4.69) is 4.98 Å². The average Bonchev–Trinajstić information content (AvgIpc) is 2.99. The van der Waals surface area contributed by atoms with E-state index in [0.29, 0.717) is 24.2 Å². The largest absolute Gasteiger partial charge is 0.350 e. The molecule has 0 atom stereocenters. The van der Waals surface area contributed by atoms with Crippen LogP contribution in [-0.4, -0.2) is 39.3 Å². The molecule has 1 aromatic carbocycles. The molecule has 0 bridgehead atoms. The van der Waals surface area contributed by atoms with Crippen LogP contribution in [0.2, 0.25) is 5.02 Å². The van der Waals surface area contributed by atoms with Crippen LogP contribution in [0, 0.1) is 0 Å². The first kappa shape index (κ1) is 17.7. The van der Waals surface area contributed by atoms with Gasteiger partial charge in [0.15, 0.2) is 0 Å². The zero-order chi connectivity index (χ0) is 19.2. The van der Waals surface area contributed by atoms with Gasteiger partial charge in [-0.2, -0.15) is 0 Å². The fraction of sp³-hybridized carbons (Fsp3) is 0.316. The summed E-state index contributed by atoms with van der Waals surface area (Å²) in [5.74, 6) is -0.292. The molecule has 0 N–H and O–H groups in total. The number of aromatic nitrogens is 2. The topological polar surface area (TPSA) is 68.3 Å². The third-order valence-corrected chi connectivity index (χ3v) is 5.20. The Morgan fingerprint density at radius 2 is 2.04 bits per heavy atom. The van der Waals surface area contributed by atoms with E-state index >= 15 is 0 Å². The Morgan fingerprint density at radius 1 is 1.30 bits per heavy atom. The third kappa shape index (κ3) is 3.23. The predicted octanol–water partition coefficient (Wildman–Crippen LogP) is 3.60. The molecule has 3 heterocycles. The van der Waals surface area contributed by atoms with Gasteiger partial charge in [-0.15, -0.1) is 4.74 Å².